The number of carbonyl (C=O) groups is 2. The number of carbonyl (C=O) groups excluding carboxylic acids is 2. The molecule has 0 aliphatic rings. The zero-order valence-electron chi connectivity index (χ0n) is 14.5. The van der Waals surface area contributed by atoms with E-state index in [0.29, 0.717) is 23.5 Å². The van der Waals surface area contributed by atoms with Crippen molar-refractivity contribution < 1.29 is 14.3 Å². The van der Waals surface area contributed by atoms with Gasteiger partial charge in [0.15, 0.2) is 6.61 Å². The van der Waals surface area contributed by atoms with Crippen LogP contribution in [0.2, 0.25) is 0 Å². The van der Waals surface area contributed by atoms with E-state index in [-0.39, 0.29) is 18.4 Å². The van der Waals surface area contributed by atoms with Crippen LogP contribution in [0, 0.1) is 13.8 Å². The van der Waals surface area contributed by atoms with E-state index in [2.05, 4.69) is 17.2 Å². The monoisotopic (exact) mass is 338 g/mol. The molecule has 130 valence electrons. The van der Waals surface area contributed by atoms with Gasteiger partial charge in [0, 0.05) is 6.54 Å². The lowest BCUT2D eigenvalue weighted by Gasteiger charge is -2.12. The fraction of sp³-hybridized carbons (Fsp3) is 0.200. The fourth-order valence-electron chi connectivity index (χ4n) is 2.19. The molecule has 2 N–H and O–H groups in total. The minimum Gasteiger partial charge on any atom is -0.484 e. The van der Waals surface area contributed by atoms with Crippen LogP contribution in [0.5, 0.6) is 5.75 Å². The predicted octanol–water partition coefficient (Wildman–Crippen LogP) is 3.24. The van der Waals surface area contributed by atoms with E-state index in [1.54, 1.807) is 30.3 Å². The summed E-state index contributed by atoms with van der Waals surface area (Å²) in [6.45, 7) is 7.79. The summed E-state index contributed by atoms with van der Waals surface area (Å²) in [7, 11) is 0. The summed E-state index contributed by atoms with van der Waals surface area (Å²) < 4.78 is 5.52. The number of benzene rings is 2. The van der Waals surface area contributed by atoms with E-state index >= 15 is 0 Å². The van der Waals surface area contributed by atoms with Gasteiger partial charge in [0.1, 0.15) is 5.75 Å². The van der Waals surface area contributed by atoms with Crippen molar-refractivity contribution in [1.82, 2.24) is 5.32 Å². The number of aryl methyl sites for hydroxylation is 2. The first-order valence-corrected chi connectivity index (χ1v) is 7.99. The highest BCUT2D eigenvalue weighted by Crippen LogP contribution is 2.17. The number of rotatable bonds is 7. The third kappa shape index (κ3) is 5.21. The molecule has 2 amide bonds. The van der Waals surface area contributed by atoms with E-state index in [0.717, 1.165) is 11.1 Å². The molecule has 0 aliphatic heterocycles. The standard InChI is InChI=1S/C20H22N2O3/c1-4-11-21-20(24)17-7-5-6-8-18(17)22-19(23)13-25-16-10-9-14(2)15(3)12-16/h4-10,12H,1,11,13H2,2-3H3,(H,21,24)(H,22,23). The molecule has 5 nitrogen and oxygen atoms in total. The van der Waals surface area contributed by atoms with Gasteiger partial charge in [-0.15, -0.1) is 6.58 Å². The molecule has 2 rings (SSSR count). The summed E-state index contributed by atoms with van der Waals surface area (Å²) in [5.41, 5.74) is 3.10. The number of hydrogen-bond acceptors (Lipinski definition) is 3. The number of nitrogens with one attached hydrogen (secondary N) is 2. The quantitative estimate of drug-likeness (QED) is 0.762. The van der Waals surface area contributed by atoms with Crippen molar-refractivity contribution in [1.29, 1.82) is 0 Å². The number of hydrogen-bond donors (Lipinski definition) is 2. The van der Waals surface area contributed by atoms with Crippen LogP contribution < -0.4 is 15.4 Å². The van der Waals surface area contributed by atoms with Crippen molar-refractivity contribution in [3.63, 3.8) is 0 Å². The molecular formula is C20H22N2O3. The highest BCUT2D eigenvalue weighted by molar-refractivity contribution is 6.04. The molecule has 2 aromatic rings. The van der Waals surface area contributed by atoms with Crippen LogP contribution in [0.25, 0.3) is 0 Å². The number of ether oxygens (including phenoxy) is 1. The first-order chi connectivity index (χ1) is 12.0. The van der Waals surface area contributed by atoms with Gasteiger partial charge < -0.3 is 15.4 Å². The van der Waals surface area contributed by atoms with Crippen molar-refractivity contribution in [3.8, 4) is 5.75 Å². The molecule has 0 aromatic heterocycles. The Kier molecular flexibility index (Phi) is 6.34. The molecule has 0 radical (unpaired) electrons. The highest BCUT2D eigenvalue weighted by atomic mass is 16.5. The van der Waals surface area contributed by atoms with Gasteiger partial charge in [-0.05, 0) is 49.2 Å². The molecule has 0 spiro atoms. The molecule has 0 saturated heterocycles. The number of anilines is 1. The lowest BCUT2D eigenvalue weighted by Crippen LogP contribution is -2.26. The third-order valence-corrected chi connectivity index (χ3v) is 3.70. The van der Waals surface area contributed by atoms with Crippen LogP contribution in [-0.4, -0.2) is 25.0 Å². The van der Waals surface area contributed by atoms with E-state index in [1.165, 1.54) is 0 Å². The van der Waals surface area contributed by atoms with E-state index in [4.69, 9.17) is 4.74 Å². The van der Waals surface area contributed by atoms with Crippen LogP contribution >= 0.6 is 0 Å². The Hall–Kier alpha value is -3.08. The molecule has 0 unspecified atom stereocenters. The van der Waals surface area contributed by atoms with Crippen molar-refractivity contribution >= 4 is 17.5 Å². The van der Waals surface area contributed by atoms with Gasteiger partial charge in [-0.3, -0.25) is 9.59 Å². The van der Waals surface area contributed by atoms with Gasteiger partial charge in [0.25, 0.3) is 11.8 Å². The average molecular weight is 338 g/mol. The van der Waals surface area contributed by atoms with Crippen LogP contribution in [0.3, 0.4) is 0 Å². The summed E-state index contributed by atoms with van der Waals surface area (Å²) in [6.07, 6.45) is 1.59. The molecule has 0 atom stereocenters. The van der Waals surface area contributed by atoms with Crippen LogP contribution in [-0.2, 0) is 4.79 Å². The van der Waals surface area contributed by atoms with Crippen LogP contribution in [0.4, 0.5) is 5.69 Å². The fourth-order valence-corrected chi connectivity index (χ4v) is 2.19. The topological polar surface area (TPSA) is 67.4 Å². The highest BCUT2D eigenvalue weighted by Gasteiger charge is 2.12. The second-order valence-electron chi connectivity index (χ2n) is 5.63. The van der Waals surface area contributed by atoms with Crippen molar-refractivity contribution in [2.45, 2.75) is 13.8 Å². The summed E-state index contributed by atoms with van der Waals surface area (Å²) in [5.74, 6) is 0.0309. The Bertz CT molecular complexity index is 784. The average Bonchev–Trinajstić information content (AvgIpc) is 2.61. The Morgan fingerprint density at radius 3 is 2.60 bits per heavy atom. The Morgan fingerprint density at radius 1 is 1.12 bits per heavy atom. The summed E-state index contributed by atoms with van der Waals surface area (Å²) in [6, 6.07) is 12.5. The van der Waals surface area contributed by atoms with Crippen molar-refractivity contribution in [3.05, 3.63) is 71.8 Å². The summed E-state index contributed by atoms with van der Waals surface area (Å²) in [4.78, 5) is 24.3. The van der Waals surface area contributed by atoms with Crippen LogP contribution in [0.1, 0.15) is 21.5 Å². The second-order valence-corrected chi connectivity index (χ2v) is 5.63. The molecule has 0 fully saturated rings. The molecule has 25 heavy (non-hydrogen) atoms. The molecule has 0 aliphatic carbocycles. The van der Waals surface area contributed by atoms with Gasteiger partial charge in [-0.2, -0.15) is 0 Å². The zero-order valence-corrected chi connectivity index (χ0v) is 14.5. The van der Waals surface area contributed by atoms with Gasteiger partial charge in [-0.1, -0.05) is 24.3 Å². The molecule has 0 heterocycles. The minimum atomic E-state index is -0.331. The predicted molar refractivity (Wildman–Crippen MR) is 99.0 cm³/mol. The van der Waals surface area contributed by atoms with E-state index < -0.39 is 0 Å². The van der Waals surface area contributed by atoms with Gasteiger partial charge in [0.2, 0.25) is 0 Å². The maximum absolute atomic E-state index is 12.1. The number of para-hydroxylation sites is 1. The largest absolute Gasteiger partial charge is 0.484 e. The zero-order chi connectivity index (χ0) is 18.2. The lowest BCUT2D eigenvalue weighted by atomic mass is 10.1. The summed E-state index contributed by atoms with van der Waals surface area (Å²) >= 11 is 0. The van der Waals surface area contributed by atoms with Gasteiger partial charge in [-0.25, -0.2) is 0 Å². The first kappa shape index (κ1) is 18.3. The molecule has 2 aromatic carbocycles. The van der Waals surface area contributed by atoms with E-state index in [1.807, 2.05) is 32.0 Å². The first-order valence-electron chi connectivity index (χ1n) is 7.99. The normalized spacial score (nSPS) is 10.0. The Morgan fingerprint density at radius 2 is 1.88 bits per heavy atom. The smallest absolute Gasteiger partial charge is 0.262 e. The van der Waals surface area contributed by atoms with Gasteiger partial charge in [0.05, 0.1) is 11.3 Å². The third-order valence-electron chi connectivity index (χ3n) is 3.70. The van der Waals surface area contributed by atoms with Gasteiger partial charge >= 0.3 is 0 Å². The maximum atomic E-state index is 12.1. The Labute approximate surface area is 147 Å². The number of amides is 2. The SMILES string of the molecule is C=CCNC(=O)c1ccccc1NC(=O)COc1ccc(C)c(C)c1. The second kappa shape index (κ2) is 8.68. The van der Waals surface area contributed by atoms with E-state index in [9.17, 15) is 9.59 Å². The maximum Gasteiger partial charge on any atom is 0.262 e. The molecule has 0 bridgehead atoms. The minimum absolute atomic E-state index is 0.134. The van der Waals surface area contributed by atoms with Crippen molar-refractivity contribution in [2.75, 3.05) is 18.5 Å². The van der Waals surface area contributed by atoms with Crippen LogP contribution in [0.15, 0.2) is 55.1 Å². The van der Waals surface area contributed by atoms with Crippen molar-refractivity contribution in [2.24, 2.45) is 0 Å². The Balaban J connectivity index is 1.99. The molecule has 5 heteroatoms. The molecular weight excluding hydrogens is 316 g/mol. The lowest BCUT2D eigenvalue weighted by molar-refractivity contribution is -0.118. The summed E-state index contributed by atoms with van der Waals surface area (Å²) in [5, 5.41) is 5.41. The molecule has 0 saturated carbocycles.